The molecule has 0 aromatic carbocycles. The van der Waals surface area contributed by atoms with E-state index in [-0.39, 0.29) is 23.0 Å². The number of allylic oxidation sites excluding steroid dienone is 1. The topological polar surface area (TPSA) is 76.0 Å². The lowest BCUT2D eigenvalue weighted by molar-refractivity contribution is -0.500. The predicted octanol–water partition coefficient (Wildman–Crippen LogP) is 5.38. The van der Waals surface area contributed by atoms with Gasteiger partial charge >= 0.3 is 0 Å². The smallest absolute Gasteiger partial charge is 0.162 e. The molecule has 34 heavy (non-hydrogen) atoms. The maximum Gasteiger partial charge on any atom is 0.162 e. The number of hydrogen-bond donors (Lipinski definition) is 2. The Bertz CT molecular complexity index is 877. The highest BCUT2D eigenvalue weighted by Crippen LogP contribution is 2.73. The van der Waals surface area contributed by atoms with Gasteiger partial charge in [0, 0.05) is 23.7 Å². The van der Waals surface area contributed by atoms with Crippen LogP contribution in [0.15, 0.2) is 11.6 Å². The van der Waals surface area contributed by atoms with Crippen molar-refractivity contribution in [2.24, 2.45) is 40.4 Å². The Hall–Kier alpha value is -0.750. The van der Waals surface area contributed by atoms with E-state index in [0.717, 1.165) is 38.5 Å². The molecule has 0 radical (unpaired) electrons. The summed E-state index contributed by atoms with van der Waals surface area (Å²) in [7, 11) is 0. The standard InChI is InChI=1S/C29H46O5/c1-17(8-9-18(2)25(4,5)32)20-10-11-22-26(20,6)13-12-23-27(7)16-21(30)24(31)19(3)29(27)15-14-28(22,23)33-34-29/h12,17-20,22,24,31-32H,8-11,13-16H2,1-7H3/t17-,18+,19-,20-,22?,24-,26-,27-,28+,29-/m1/s1. The normalized spacial score (nSPS) is 49.7. The minimum absolute atomic E-state index is 0.0555. The molecule has 2 aliphatic heterocycles. The quantitative estimate of drug-likeness (QED) is 0.413. The van der Waals surface area contributed by atoms with Crippen molar-refractivity contribution < 1.29 is 24.8 Å². The van der Waals surface area contributed by atoms with Crippen molar-refractivity contribution in [3.05, 3.63) is 11.6 Å². The highest BCUT2D eigenvalue weighted by atomic mass is 17.2. The van der Waals surface area contributed by atoms with Crippen LogP contribution in [0.2, 0.25) is 0 Å². The molecule has 2 N–H and O–H groups in total. The van der Waals surface area contributed by atoms with Crippen LogP contribution >= 0.6 is 0 Å². The molecule has 0 aromatic heterocycles. The molecular weight excluding hydrogens is 428 g/mol. The number of hydrogen-bond acceptors (Lipinski definition) is 5. The fourth-order valence-corrected chi connectivity index (χ4v) is 9.35. The van der Waals surface area contributed by atoms with Crippen LogP contribution in [0.4, 0.5) is 0 Å². The Morgan fingerprint density at radius 1 is 1.15 bits per heavy atom. The van der Waals surface area contributed by atoms with E-state index in [1.165, 1.54) is 12.0 Å². The average Bonchev–Trinajstić information content (AvgIpc) is 3.13. The van der Waals surface area contributed by atoms with Crippen LogP contribution in [0, 0.1) is 40.4 Å². The first kappa shape index (κ1) is 24.9. The number of aliphatic hydroxyl groups is 2. The number of carbonyl (C=O) groups is 1. The zero-order chi connectivity index (χ0) is 24.9. The molecule has 3 saturated carbocycles. The zero-order valence-corrected chi connectivity index (χ0v) is 22.3. The third kappa shape index (κ3) is 3.02. The summed E-state index contributed by atoms with van der Waals surface area (Å²) in [6.07, 6.45) is 9.05. The number of aliphatic hydroxyl groups excluding tert-OH is 1. The highest BCUT2D eigenvalue weighted by Gasteiger charge is 2.76. The molecule has 6 aliphatic rings. The molecule has 5 fully saturated rings. The summed E-state index contributed by atoms with van der Waals surface area (Å²) >= 11 is 0. The summed E-state index contributed by atoms with van der Waals surface area (Å²) in [4.78, 5) is 25.7. The molecule has 2 saturated heterocycles. The van der Waals surface area contributed by atoms with Crippen LogP contribution in [0.1, 0.15) is 99.8 Å². The van der Waals surface area contributed by atoms with Gasteiger partial charge in [0.15, 0.2) is 5.78 Å². The minimum atomic E-state index is -0.972. The summed E-state index contributed by atoms with van der Waals surface area (Å²) in [5.41, 5.74) is -0.686. The molecule has 1 unspecified atom stereocenters. The Labute approximate surface area is 205 Å². The highest BCUT2D eigenvalue weighted by molar-refractivity contribution is 5.86. The second-order valence-electron chi connectivity index (χ2n) is 13.8. The van der Waals surface area contributed by atoms with Crippen LogP contribution in [0.5, 0.6) is 0 Å². The van der Waals surface area contributed by atoms with E-state index in [1.54, 1.807) is 0 Å². The number of rotatable bonds is 5. The van der Waals surface area contributed by atoms with Crippen molar-refractivity contribution in [2.45, 2.75) is 123 Å². The molecule has 0 amide bonds. The Balaban J connectivity index is 1.45. The van der Waals surface area contributed by atoms with Crippen molar-refractivity contribution in [3.63, 3.8) is 0 Å². The average molecular weight is 475 g/mol. The molecule has 2 spiro atoms. The monoisotopic (exact) mass is 474 g/mol. The lowest BCUT2D eigenvalue weighted by Crippen LogP contribution is -2.75. The molecule has 5 nitrogen and oxygen atoms in total. The molecule has 6 rings (SSSR count). The van der Waals surface area contributed by atoms with Gasteiger partial charge in [-0.05, 0) is 81.1 Å². The number of carbonyl (C=O) groups excluding carboxylic acids is 1. The predicted molar refractivity (Wildman–Crippen MR) is 131 cm³/mol. The molecule has 10 atom stereocenters. The van der Waals surface area contributed by atoms with E-state index in [4.69, 9.17) is 9.78 Å². The first-order valence-corrected chi connectivity index (χ1v) is 13.7. The Morgan fingerprint density at radius 3 is 2.47 bits per heavy atom. The van der Waals surface area contributed by atoms with E-state index in [2.05, 4.69) is 33.8 Å². The van der Waals surface area contributed by atoms with Gasteiger partial charge in [0.2, 0.25) is 0 Å². The van der Waals surface area contributed by atoms with Crippen molar-refractivity contribution in [1.82, 2.24) is 0 Å². The summed E-state index contributed by atoms with van der Waals surface area (Å²) in [6, 6.07) is 0. The van der Waals surface area contributed by atoms with Crippen LogP contribution in [-0.4, -0.2) is 38.9 Å². The second kappa shape index (κ2) is 7.63. The first-order chi connectivity index (χ1) is 15.7. The molecule has 5 heteroatoms. The number of fused-ring (bicyclic) bond motifs is 3. The van der Waals surface area contributed by atoms with E-state index in [9.17, 15) is 15.0 Å². The number of Topliss-reactive ketones (excluding diaryl/α,β-unsaturated/α-hetero) is 1. The molecule has 2 heterocycles. The molecule has 4 aliphatic carbocycles. The van der Waals surface area contributed by atoms with Crippen molar-refractivity contribution in [3.8, 4) is 0 Å². The molecular formula is C29H46O5. The van der Waals surface area contributed by atoms with Crippen LogP contribution in [0.25, 0.3) is 0 Å². The van der Waals surface area contributed by atoms with Crippen molar-refractivity contribution in [2.75, 3.05) is 0 Å². The Kier molecular flexibility index (Phi) is 5.59. The van der Waals surface area contributed by atoms with E-state index in [1.807, 2.05) is 20.8 Å². The maximum absolute atomic E-state index is 12.8. The molecule has 192 valence electrons. The first-order valence-electron chi connectivity index (χ1n) is 13.7. The van der Waals surface area contributed by atoms with Crippen LogP contribution in [-0.2, 0) is 14.6 Å². The summed E-state index contributed by atoms with van der Waals surface area (Å²) in [6.45, 7) is 15.0. The molecule has 2 bridgehead atoms. The van der Waals surface area contributed by atoms with Crippen LogP contribution in [0.3, 0.4) is 0 Å². The minimum Gasteiger partial charge on any atom is -0.390 e. The van der Waals surface area contributed by atoms with Gasteiger partial charge in [-0.2, -0.15) is 0 Å². The third-order valence-corrected chi connectivity index (χ3v) is 11.9. The zero-order valence-electron chi connectivity index (χ0n) is 22.3. The van der Waals surface area contributed by atoms with Crippen LogP contribution < -0.4 is 0 Å². The van der Waals surface area contributed by atoms with Gasteiger partial charge in [-0.25, -0.2) is 9.78 Å². The number of ketones is 1. The lowest BCUT2D eigenvalue weighted by atomic mass is 9.42. The van der Waals surface area contributed by atoms with E-state index in [0.29, 0.717) is 24.2 Å². The summed E-state index contributed by atoms with van der Waals surface area (Å²) in [5, 5.41) is 21.0. The fourth-order valence-electron chi connectivity index (χ4n) is 9.35. The van der Waals surface area contributed by atoms with Gasteiger partial charge in [0.05, 0.1) is 5.60 Å². The van der Waals surface area contributed by atoms with E-state index >= 15 is 0 Å². The van der Waals surface area contributed by atoms with Gasteiger partial charge in [-0.15, -0.1) is 0 Å². The SMILES string of the molecule is C[C@H](CC[C@H](C)C(C)(C)O)[C@H]1CCC2[C@]1(C)CC=C1[C@]23CC[C@@]2(OO3)[C@H](C)[C@@H](O)C(=O)C[C@]12C. The molecule has 0 aromatic rings. The van der Waals surface area contributed by atoms with Gasteiger partial charge in [0.25, 0.3) is 0 Å². The largest absolute Gasteiger partial charge is 0.390 e. The maximum atomic E-state index is 12.8. The summed E-state index contributed by atoms with van der Waals surface area (Å²) in [5.74, 6) is 1.52. The third-order valence-electron chi connectivity index (χ3n) is 11.9. The van der Waals surface area contributed by atoms with E-state index < -0.39 is 28.3 Å². The van der Waals surface area contributed by atoms with Crippen molar-refractivity contribution in [1.29, 1.82) is 0 Å². The van der Waals surface area contributed by atoms with Gasteiger partial charge in [0.1, 0.15) is 17.3 Å². The second-order valence-corrected chi connectivity index (χ2v) is 13.8. The lowest BCUT2D eigenvalue weighted by Gasteiger charge is -2.70. The van der Waals surface area contributed by atoms with Gasteiger partial charge < -0.3 is 10.2 Å². The Morgan fingerprint density at radius 2 is 1.85 bits per heavy atom. The fraction of sp³-hybridized carbons (Fsp3) is 0.897. The van der Waals surface area contributed by atoms with Gasteiger partial charge in [-0.3, -0.25) is 4.79 Å². The summed E-state index contributed by atoms with van der Waals surface area (Å²) < 4.78 is 0. The van der Waals surface area contributed by atoms with Gasteiger partial charge in [-0.1, -0.05) is 47.1 Å². The van der Waals surface area contributed by atoms with Crippen molar-refractivity contribution >= 4 is 5.78 Å².